The molecule has 2 aromatic carbocycles. The first-order chi connectivity index (χ1) is 14.7. The summed E-state index contributed by atoms with van der Waals surface area (Å²) in [5.74, 6) is 5.71. The van der Waals surface area contributed by atoms with Gasteiger partial charge in [0.05, 0.1) is 5.56 Å². The van der Waals surface area contributed by atoms with Gasteiger partial charge in [-0.25, -0.2) is 4.79 Å². The van der Waals surface area contributed by atoms with E-state index in [1.165, 1.54) is 0 Å². The Morgan fingerprint density at radius 1 is 0.935 bits per heavy atom. The van der Waals surface area contributed by atoms with Gasteiger partial charge in [0.15, 0.2) is 0 Å². The van der Waals surface area contributed by atoms with Gasteiger partial charge in [-0.1, -0.05) is 25.7 Å². The van der Waals surface area contributed by atoms with Crippen molar-refractivity contribution in [2.24, 2.45) is 5.41 Å². The third-order valence-electron chi connectivity index (χ3n) is 4.64. The minimum atomic E-state index is -0.364. The smallest absolute Gasteiger partial charge is 0.338 e. The van der Waals surface area contributed by atoms with Crippen LogP contribution in [0, 0.1) is 17.3 Å². The Hall–Kier alpha value is -3.10. The molecule has 0 saturated heterocycles. The Bertz CT molecular complexity index is 926. The van der Waals surface area contributed by atoms with Crippen LogP contribution >= 0.6 is 0 Å². The molecule has 1 amide bonds. The number of nitrogens with zero attached hydrogens (tertiary/aromatic N) is 1. The molecule has 0 aliphatic carbocycles. The third-order valence-corrected chi connectivity index (χ3v) is 4.64. The number of hydrogen-bond donors (Lipinski definition) is 1. The van der Waals surface area contributed by atoms with Gasteiger partial charge in [0, 0.05) is 28.8 Å². The molecule has 0 unspecified atom stereocenters. The van der Waals surface area contributed by atoms with Crippen molar-refractivity contribution in [3.8, 4) is 11.8 Å². The van der Waals surface area contributed by atoms with E-state index in [9.17, 15) is 9.59 Å². The van der Waals surface area contributed by atoms with Crippen molar-refractivity contribution in [3.05, 3.63) is 65.2 Å². The number of benzene rings is 2. The lowest BCUT2D eigenvalue weighted by Crippen LogP contribution is -2.27. The van der Waals surface area contributed by atoms with E-state index < -0.39 is 0 Å². The normalized spacial score (nSPS) is 10.9. The highest BCUT2D eigenvalue weighted by molar-refractivity contribution is 6.04. The van der Waals surface area contributed by atoms with Gasteiger partial charge in [0.25, 0.3) is 5.91 Å². The van der Waals surface area contributed by atoms with E-state index in [0.29, 0.717) is 30.0 Å². The van der Waals surface area contributed by atoms with Gasteiger partial charge in [0.2, 0.25) is 0 Å². The SMILES string of the molecule is CCN(CC)CCOC(=O)c1ccc(NC(=O)c2ccc(C#CC(C)(C)C)cc2)cc1. The van der Waals surface area contributed by atoms with Crippen LogP contribution in [0.2, 0.25) is 0 Å². The molecule has 0 saturated carbocycles. The topological polar surface area (TPSA) is 58.6 Å². The maximum absolute atomic E-state index is 12.5. The van der Waals surface area contributed by atoms with Crippen LogP contribution in [0.1, 0.15) is 60.9 Å². The molecule has 0 fully saturated rings. The van der Waals surface area contributed by atoms with Crippen molar-refractivity contribution in [2.75, 3.05) is 31.6 Å². The zero-order valence-corrected chi connectivity index (χ0v) is 19.1. The van der Waals surface area contributed by atoms with Crippen molar-refractivity contribution in [3.63, 3.8) is 0 Å². The van der Waals surface area contributed by atoms with Crippen LogP contribution in [-0.4, -0.2) is 43.0 Å². The lowest BCUT2D eigenvalue weighted by molar-refractivity contribution is 0.0466. The molecule has 5 nitrogen and oxygen atoms in total. The molecule has 0 atom stereocenters. The van der Waals surface area contributed by atoms with Gasteiger partial charge in [-0.2, -0.15) is 0 Å². The first-order valence-electron chi connectivity index (χ1n) is 10.7. The summed E-state index contributed by atoms with van der Waals surface area (Å²) >= 11 is 0. The standard InChI is InChI=1S/C26H32N2O3/c1-6-28(7-2)18-19-31-25(30)22-12-14-23(15-13-22)27-24(29)21-10-8-20(9-11-21)16-17-26(3,4)5/h8-15H,6-7,18-19H2,1-5H3,(H,27,29). The maximum atomic E-state index is 12.5. The number of hydrogen-bond acceptors (Lipinski definition) is 4. The number of anilines is 1. The quantitative estimate of drug-likeness (QED) is 0.491. The zero-order valence-electron chi connectivity index (χ0n) is 19.1. The fourth-order valence-electron chi connectivity index (χ4n) is 2.75. The molecule has 2 rings (SSSR count). The number of ether oxygens (including phenoxy) is 1. The largest absolute Gasteiger partial charge is 0.461 e. The Labute approximate surface area is 185 Å². The first kappa shape index (κ1) is 24.2. The van der Waals surface area contributed by atoms with E-state index >= 15 is 0 Å². The summed E-state index contributed by atoms with van der Waals surface area (Å²) in [4.78, 5) is 26.8. The molecule has 0 spiro atoms. The molecular weight excluding hydrogens is 388 g/mol. The Morgan fingerprint density at radius 3 is 2.06 bits per heavy atom. The fraction of sp³-hybridized carbons (Fsp3) is 0.385. The van der Waals surface area contributed by atoms with E-state index in [1.807, 2.05) is 12.1 Å². The second kappa shape index (κ2) is 11.3. The molecule has 0 aliphatic heterocycles. The van der Waals surface area contributed by atoms with Gasteiger partial charge in [-0.3, -0.25) is 4.79 Å². The fourth-order valence-corrected chi connectivity index (χ4v) is 2.75. The van der Waals surface area contributed by atoms with Crippen LogP contribution in [0.15, 0.2) is 48.5 Å². The average Bonchev–Trinajstić information content (AvgIpc) is 2.75. The Balaban J connectivity index is 1.91. The molecule has 0 aromatic heterocycles. The number of rotatable bonds is 8. The summed E-state index contributed by atoms with van der Waals surface area (Å²) in [6.45, 7) is 13.2. The molecule has 1 N–H and O–H groups in total. The van der Waals surface area contributed by atoms with Crippen LogP contribution < -0.4 is 5.32 Å². The van der Waals surface area contributed by atoms with E-state index in [4.69, 9.17) is 4.74 Å². The van der Waals surface area contributed by atoms with Crippen molar-refractivity contribution >= 4 is 17.6 Å². The Kier molecular flexibility index (Phi) is 8.84. The lowest BCUT2D eigenvalue weighted by atomic mass is 9.97. The molecule has 31 heavy (non-hydrogen) atoms. The molecule has 0 heterocycles. The highest BCUT2D eigenvalue weighted by atomic mass is 16.5. The first-order valence-corrected chi connectivity index (χ1v) is 10.7. The minimum absolute atomic E-state index is 0.0694. The number of carbonyl (C=O) groups is 2. The summed E-state index contributed by atoms with van der Waals surface area (Å²) in [7, 11) is 0. The molecule has 0 radical (unpaired) electrons. The molecular formula is C26H32N2O3. The second-order valence-corrected chi connectivity index (χ2v) is 8.27. The number of esters is 1. The second-order valence-electron chi connectivity index (χ2n) is 8.27. The number of likely N-dealkylation sites (N-methyl/N-ethyl adjacent to an activating group) is 1. The van der Waals surface area contributed by atoms with Crippen molar-refractivity contribution < 1.29 is 14.3 Å². The average molecular weight is 421 g/mol. The Morgan fingerprint density at radius 2 is 1.52 bits per heavy atom. The van der Waals surface area contributed by atoms with Crippen LogP contribution in [0.4, 0.5) is 5.69 Å². The molecule has 5 heteroatoms. The molecule has 2 aromatic rings. The summed E-state index contributed by atoms with van der Waals surface area (Å²) in [5, 5.41) is 2.84. The summed E-state index contributed by atoms with van der Waals surface area (Å²) in [6, 6.07) is 13.9. The predicted molar refractivity (Wildman–Crippen MR) is 125 cm³/mol. The number of amides is 1. The monoisotopic (exact) mass is 420 g/mol. The zero-order chi connectivity index (χ0) is 22.9. The van der Waals surface area contributed by atoms with Crippen molar-refractivity contribution in [1.82, 2.24) is 4.90 Å². The lowest BCUT2D eigenvalue weighted by Gasteiger charge is -2.17. The van der Waals surface area contributed by atoms with E-state index in [1.54, 1.807) is 36.4 Å². The van der Waals surface area contributed by atoms with E-state index in [0.717, 1.165) is 18.7 Å². The minimum Gasteiger partial charge on any atom is -0.461 e. The third kappa shape index (κ3) is 8.27. The van der Waals surface area contributed by atoms with Crippen LogP contribution in [0.25, 0.3) is 0 Å². The highest BCUT2D eigenvalue weighted by Gasteiger charge is 2.10. The van der Waals surface area contributed by atoms with Crippen LogP contribution in [-0.2, 0) is 4.74 Å². The number of nitrogens with one attached hydrogen (secondary N) is 1. The predicted octanol–water partition coefficient (Wildman–Crippen LogP) is 4.84. The van der Waals surface area contributed by atoms with Gasteiger partial charge in [0.1, 0.15) is 6.61 Å². The summed E-state index contributed by atoms with van der Waals surface area (Å²) in [5.41, 5.74) is 2.41. The van der Waals surface area contributed by atoms with Gasteiger partial charge in [-0.05, 0) is 82.4 Å². The molecule has 0 bridgehead atoms. The van der Waals surface area contributed by atoms with Crippen LogP contribution in [0.3, 0.4) is 0 Å². The van der Waals surface area contributed by atoms with Gasteiger partial charge >= 0.3 is 5.97 Å². The number of carbonyl (C=O) groups excluding carboxylic acids is 2. The summed E-state index contributed by atoms with van der Waals surface area (Å²) in [6.07, 6.45) is 0. The van der Waals surface area contributed by atoms with Gasteiger partial charge in [-0.15, -0.1) is 0 Å². The summed E-state index contributed by atoms with van der Waals surface area (Å²) < 4.78 is 5.33. The highest BCUT2D eigenvalue weighted by Crippen LogP contribution is 2.14. The van der Waals surface area contributed by atoms with Crippen molar-refractivity contribution in [2.45, 2.75) is 34.6 Å². The van der Waals surface area contributed by atoms with Crippen LogP contribution in [0.5, 0.6) is 0 Å². The molecule has 164 valence electrons. The van der Waals surface area contributed by atoms with E-state index in [2.05, 4.69) is 56.7 Å². The van der Waals surface area contributed by atoms with E-state index in [-0.39, 0.29) is 17.3 Å². The molecule has 0 aliphatic rings. The van der Waals surface area contributed by atoms with Crippen molar-refractivity contribution in [1.29, 1.82) is 0 Å². The maximum Gasteiger partial charge on any atom is 0.338 e. The van der Waals surface area contributed by atoms with Gasteiger partial charge < -0.3 is 15.0 Å².